The number of anilines is 1. The van der Waals surface area contributed by atoms with Gasteiger partial charge in [-0.3, -0.25) is 4.99 Å². The van der Waals surface area contributed by atoms with E-state index < -0.39 is 10.0 Å². The van der Waals surface area contributed by atoms with Gasteiger partial charge in [0.2, 0.25) is 10.0 Å². The SMILES string of the molecule is NC(=NCCNS(=O)(=O)c1ccccc1)Nc1ccc2c(c1)CCC2. The summed E-state index contributed by atoms with van der Waals surface area (Å²) in [4.78, 5) is 4.41. The number of guanidine groups is 1. The third-order valence-corrected chi connectivity index (χ3v) is 5.59. The van der Waals surface area contributed by atoms with E-state index in [-0.39, 0.29) is 23.9 Å². The van der Waals surface area contributed by atoms with Crippen LogP contribution in [0.15, 0.2) is 58.4 Å². The molecule has 2 aromatic rings. The lowest BCUT2D eigenvalue weighted by molar-refractivity contribution is 0.582. The third kappa shape index (κ3) is 4.58. The highest BCUT2D eigenvalue weighted by molar-refractivity contribution is 7.89. The topological polar surface area (TPSA) is 96.6 Å². The summed E-state index contributed by atoms with van der Waals surface area (Å²) < 4.78 is 26.6. The lowest BCUT2D eigenvalue weighted by Crippen LogP contribution is -2.28. The largest absolute Gasteiger partial charge is 0.370 e. The van der Waals surface area contributed by atoms with Crippen molar-refractivity contribution in [3.05, 3.63) is 59.7 Å². The molecule has 0 heterocycles. The molecular formula is C18H22N4O2S. The predicted molar refractivity (Wildman–Crippen MR) is 100 cm³/mol. The molecule has 0 bridgehead atoms. The zero-order valence-corrected chi connectivity index (χ0v) is 14.7. The summed E-state index contributed by atoms with van der Waals surface area (Å²) in [5.74, 6) is 0.275. The van der Waals surface area contributed by atoms with Gasteiger partial charge in [0.05, 0.1) is 11.4 Å². The fourth-order valence-electron chi connectivity index (χ4n) is 2.88. The van der Waals surface area contributed by atoms with Crippen molar-refractivity contribution >= 4 is 21.7 Å². The first-order chi connectivity index (χ1) is 12.0. The number of hydrogen-bond donors (Lipinski definition) is 3. The van der Waals surface area contributed by atoms with Gasteiger partial charge < -0.3 is 11.1 Å². The van der Waals surface area contributed by atoms with Crippen molar-refractivity contribution in [3.8, 4) is 0 Å². The highest BCUT2D eigenvalue weighted by atomic mass is 32.2. The summed E-state index contributed by atoms with van der Waals surface area (Å²) in [6, 6.07) is 14.5. The van der Waals surface area contributed by atoms with Gasteiger partial charge in [-0.25, -0.2) is 13.1 Å². The van der Waals surface area contributed by atoms with E-state index in [1.807, 2.05) is 6.07 Å². The summed E-state index contributed by atoms with van der Waals surface area (Å²) in [5.41, 5.74) is 9.54. The normalized spacial score (nSPS) is 14.3. The Labute approximate surface area is 148 Å². The molecule has 25 heavy (non-hydrogen) atoms. The molecule has 132 valence electrons. The first-order valence-electron chi connectivity index (χ1n) is 8.28. The van der Waals surface area contributed by atoms with Gasteiger partial charge in [0.1, 0.15) is 0 Å². The molecule has 1 aliphatic rings. The first kappa shape index (κ1) is 17.4. The Kier molecular flexibility index (Phi) is 5.35. The van der Waals surface area contributed by atoms with Crippen molar-refractivity contribution < 1.29 is 8.42 Å². The van der Waals surface area contributed by atoms with Crippen molar-refractivity contribution in [2.75, 3.05) is 18.4 Å². The maximum Gasteiger partial charge on any atom is 0.240 e. The monoisotopic (exact) mass is 358 g/mol. The summed E-state index contributed by atoms with van der Waals surface area (Å²) >= 11 is 0. The highest BCUT2D eigenvalue weighted by Gasteiger charge is 2.12. The minimum atomic E-state index is -3.50. The molecule has 0 amide bonds. The highest BCUT2D eigenvalue weighted by Crippen LogP contribution is 2.24. The van der Waals surface area contributed by atoms with Gasteiger partial charge in [-0.2, -0.15) is 0 Å². The van der Waals surface area contributed by atoms with Crippen LogP contribution in [0.25, 0.3) is 0 Å². The molecule has 7 heteroatoms. The van der Waals surface area contributed by atoms with Crippen LogP contribution in [-0.4, -0.2) is 27.5 Å². The Bertz CT molecular complexity index is 864. The molecular weight excluding hydrogens is 336 g/mol. The number of benzene rings is 2. The van der Waals surface area contributed by atoms with Crippen LogP contribution in [-0.2, 0) is 22.9 Å². The second kappa shape index (κ2) is 7.67. The number of aryl methyl sites for hydroxylation is 2. The van der Waals surface area contributed by atoms with Gasteiger partial charge in [-0.1, -0.05) is 24.3 Å². The van der Waals surface area contributed by atoms with Gasteiger partial charge >= 0.3 is 0 Å². The average molecular weight is 358 g/mol. The molecule has 2 aromatic carbocycles. The molecule has 0 saturated carbocycles. The number of nitrogens with one attached hydrogen (secondary N) is 2. The number of hydrogen-bond acceptors (Lipinski definition) is 3. The molecule has 0 aromatic heterocycles. The number of nitrogens with zero attached hydrogens (tertiary/aromatic N) is 1. The maximum atomic E-state index is 12.1. The van der Waals surface area contributed by atoms with Crippen molar-refractivity contribution in [1.29, 1.82) is 0 Å². The first-order valence-corrected chi connectivity index (χ1v) is 9.76. The third-order valence-electron chi connectivity index (χ3n) is 4.11. The van der Waals surface area contributed by atoms with Crippen LogP contribution in [0.4, 0.5) is 5.69 Å². The summed E-state index contributed by atoms with van der Waals surface area (Å²) in [6.07, 6.45) is 3.44. The molecule has 0 atom stereocenters. The maximum absolute atomic E-state index is 12.1. The Morgan fingerprint density at radius 1 is 1.08 bits per heavy atom. The molecule has 0 saturated heterocycles. The van der Waals surface area contributed by atoms with E-state index in [0.717, 1.165) is 18.5 Å². The molecule has 0 fully saturated rings. The number of aliphatic imine (C=N–C) groups is 1. The fourth-order valence-corrected chi connectivity index (χ4v) is 3.92. The molecule has 4 N–H and O–H groups in total. The number of fused-ring (bicyclic) bond motifs is 1. The average Bonchev–Trinajstić information content (AvgIpc) is 3.07. The van der Waals surface area contributed by atoms with E-state index in [1.165, 1.54) is 17.5 Å². The van der Waals surface area contributed by atoms with Crippen LogP contribution in [0.1, 0.15) is 17.5 Å². The van der Waals surface area contributed by atoms with Crippen LogP contribution in [0.2, 0.25) is 0 Å². The Morgan fingerprint density at radius 2 is 1.84 bits per heavy atom. The van der Waals surface area contributed by atoms with E-state index in [2.05, 4.69) is 27.2 Å². The van der Waals surface area contributed by atoms with E-state index in [0.29, 0.717) is 0 Å². The standard InChI is InChI=1S/C18H22N4O2S/c19-18(22-16-10-9-14-5-4-6-15(14)13-16)20-11-12-21-25(23,24)17-7-2-1-3-8-17/h1-3,7-10,13,21H,4-6,11-12H2,(H3,19,20,22). The van der Waals surface area contributed by atoms with Crippen LogP contribution >= 0.6 is 0 Å². The molecule has 0 unspecified atom stereocenters. The Morgan fingerprint density at radius 3 is 2.64 bits per heavy atom. The van der Waals surface area contributed by atoms with Crippen molar-refractivity contribution in [1.82, 2.24) is 4.72 Å². The lowest BCUT2D eigenvalue weighted by atomic mass is 10.1. The van der Waals surface area contributed by atoms with Gasteiger partial charge in [0.25, 0.3) is 0 Å². The van der Waals surface area contributed by atoms with Crippen molar-refractivity contribution in [3.63, 3.8) is 0 Å². The summed E-state index contributed by atoms with van der Waals surface area (Å²) in [6.45, 7) is 0.444. The Hall–Kier alpha value is -2.38. The fraction of sp³-hybridized carbons (Fsp3) is 0.278. The van der Waals surface area contributed by atoms with Gasteiger partial charge in [-0.15, -0.1) is 0 Å². The molecule has 3 rings (SSSR count). The minimum absolute atomic E-state index is 0.184. The van der Waals surface area contributed by atoms with Crippen molar-refractivity contribution in [2.24, 2.45) is 10.7 Å². The molecule has 1 aliphatic carbocycles. The number of sulfonamides is 1. The summed E-state index contributed by atoms with van der Waals surface area (Å²) in [7, 11) is -3.50. The van der Waals surface area contributed by atoms with Crippen LogP contribution in [0.3, 0.4) is 0 Å². The molecule has 0 aliphatic heterocycles. The molecule has 0 radical (unpaired) electrons. The molecule has 6 nitrogen and oxygen atoms in total. The lowest BCUT2D eigenvalue weighted by Gasteiger charge is -2.08. The number of rotatable bonds is 6. The van der Waals surface area contributed by atoms with E-state index in [4.69, 9.17) is 5.73 Å². The Balaban J connectivity index is 1.50. The zero-order valence-electron chi connectivity index (χ0n) is 13.9. The summed E-state index contributed by atoms with van der Waals surface area (Å²) in [5, 5.41) is 3.05. The van der Waals surface area contributed by atoms with E-state index in [1.54, 1.807) is 30.3 Å². The second-order valence-corrected chi connectivity index (χ2v) is 7.71. The van der Waals surface area contributed by atoms with Gasteiger partial charge in [0.15, 0.2) is 5.96 Å². The minimum Gasteiger partial charge on any atom is -0.370 e. The van der Waals surface area contributed by atoms with Crippen LogP contribution < -0.4 is 15.8 Å². The van der Waals surface area contributed by atoms with Crippen LogP contribution in [0, 0.1) is 0 Å². The zero-order chi connectivity index (χ0) is 17.7. The van der Waals surface area contributed by atoms with E-state index in [9.17, 15) is 8.42 Å². The quantitative estimate of drug-likeness (QED) is 0.417. The van der Waals surface area contributed by atoms with Gasteiger partial charge in [-0.05, 0) is 54.7 Å². The smallest absolute Gasteiger partial charge is 0.240 e. The predicted octanol–water partition coefficient (Wildman–Crippen LogP) is 1.88. The second-order valence-electron chi connectivity index (χ2n) is 5.94. The van der Waals surface area contributed by atoms with Gasteiger partial charge in [0, 0.05) is 12.2 Å². The number of nitrogens with two attached hydrogens (primary N) is 1. The van der Waals surface area contributed by atoms with Crippen molar-refractivity contribution in [2.45, 2.75) is 24.2 Å². The van der Waals surface area contributed by atoms with Crippen LogP contribution in [0.5, 0.6) is 0 Å². The molecule has 0 spiro atoms. The van der Waals surface area contributed by atoms with E-state index >= 15 is 0 Å².